The first-order chi connectivity index (χ1) is 6.24. The van der Waals surface area contributed by atoms with Crippen LogP contribution in [-0.4, -0.2) is 28.4 Å². The van der Waals surface area contributed by atoms with Crippen molar-refractivity contribution in [2.24, 2.45) is 0 Å². The highest BCUT2D eigenvalue weighted by Gasteiger charge is 2.01. The van der Waals surface area contributed by atoms with Gasteiger partial charge in [-0.2, -0.15) is 16.9 Å². The molecule has 13 heavy (non-hydrogen) atoms. The molecule has 1 aromatic heterocycles. The van der Waals surface area contributed by atoms with Crippen LogP contribution >= 0.6 is 11.8 Å². The molecule has 0 fully saturated rings. The van der Waals surface area contributed by atoms with Gasteiger partial charge >= 0.3 is 0 Å². The molecule has 74 valence electrons. The molecular weight excluding hydrogens is 184 g/mol. The molecule has 0 aromatic carbocycles. The second-order valence-electron chi connectivity index (χ2n) is 3.09. The number of hydrogen-bond acceptors (Lipinski definition) is 3. The summed E-state index contributed by atoms with van der Waals surface area (Å²) in [4.78, 5) is 0. The molecule has 0 atom stereocenters. The van der Waals surface area contributed by atoms with Crippen LogP contribution in [0.2, 0.25) is 0 Å². The van der Waals surface area contributed by atoms with E-state index in [1.807, 2.05) is 10.9 Å². The van der Waals surface area contributed by atoms with Crippen LogP contribution in [0.25, 0.3) is 0 Å². The van der Waals surface area contributed by atoms with Crippen LogP contribution in [0.4, 0.5) is 0 Å². The van der Waals surface area contributed by atoms with Gasteiger partial charge in [0.1, 0.15) is 0 Å². The second kappa shape index (κ2) is 5.17. The van der Waals surface area contributed by atoms with Gasteiger partial charge in [-0.3, -0.25) is 4.68 Å². The summed E-state index contributed by atoms with van der Waals surface area (Å²) < 4.78 is 7.37. The molecule has 0 amide bonds. The molecule has 0 saturated heterocycles. The molecule has 0 spiro atoms. The first kappa shape index (κ1) is 10.4. The van der Waals surface area contributed by atoms with Gasteiger partial charge < -0.3 is 4.74 Å². The molecule has 1 aromatic rings. The predicted molar refractivity (Wildman–Crippen MR) is 56.5 cm³/mol. The van der Waals surface area contributed by atoms with Gasteiger partial charge in [0.2, 0.25) is 0 Å². The van der Waals surface area contributed by atoms with E-state index in [4.69, 9.17) is 4.74 Å². The normalized spacial score (nSPS) is 10.8. The van der Waals surface area contributed by atoms with Gasteiger partial charge in [-0.05, 0) is 20.1 Å². The molecule has 0 unspecified atom stereocenters. The minimum Gasteiger partial charge on any atom is -0.489 e. The van der Waals surface area contributed by atoms with E-state index in [-0.39, 0.29) is 0 Å². The van der Waals surface area contributed by atoms with Gasteiger partial charge in [-0.1, -0.05) is 0 Å². The number of ether oxygens (including phenoxy) is 1. The maximum atomic E-state index is 5.47. The zero-order valence-corrected chi connectivity index (χ0v) is 9.17. The van der Waals surface area contributed by atoms with E-state index >= 15 is 0 Å². The minimum absolute atomic E-state index is 0.401. The lowest BCUT2D eigenvalue weighted by Crippen LogP contribution is -2.01. The van der Waals surface area contributed by atoms with Gasteiger partial charge in [0, 0.05) is 11.8 Å². The van der Waals surface area contributed by atoms with Crippen molar-refractivity contribution < 1.29 is 4.74 Å². The van der Waals surface area contributed by atoms with Crippen LogP contribution in [-0.2, 0) is 0 Å². The van der Waals surface area contributed by atoms with E-state index in [0.29, 0.717) is 6.04 Å². The van der Waals surface area contributed by atoms with Gasteiger partial charge in [0.05, 0.1) is 19.0 Å². The summed E-state index contributed by atoms with van der Waals surface area (Å²) in [6.07, 6.45) is 5.77. The molecule has 1 heterocycles. The van der Waals surface area contributed by atoms with E-state index in [9.17, 15) is 0 Å². The second-order valence-corrected chi connectivity index (χ2v) is 4.08. The van der Waals surface area contributed by atoms with Crippen molar-refractivity contribution in [1.29, 1.82) is 0 Å². The predicted octanol–water partition coefficient (Wildman–Crippen LogP) is 2.21. The molecule has 3 nitrogen and oxygen atoms in total. The third-order valence-corrected chi connectivity index (χ3v) is 2.24. The molecule has 0 aliphatic carbocycles. The van der Waals surface area contributed by atoms with E-state index in [2.05, 4.69) is 25.2 Å². The quantitative estimate of drug-likeness (QED) is 0.682. The maximum absolute atomic E-state index is 5.47. The Morgan fingerprint density at radius 2 is 2.38 bits per heavy atom. The van der Waals surface area contributed by atoms with Crippen molar-refractivity contribution in [2.45, 2.75) is 19.9 Å². The molecule has 0 saturated carbocycles. The highest BCUT2D eigenvalue weighted by Crippen LogP contribution is 2.12. The number of hydrogen-bond donors (Lipinski definition) is 0. The zero-order chi connectivity index (χ0) is 9.68. The molecule has 0 bridgehead atoms. The average molecular weight is 200 g/mol. The Balaban J connectivity index is 2.40. The molecule has 0 aliphatic heterocycles. The molecule has 1 rings (SSSR count). The summed E-state index contributed by atoms with van der Waals surface area (Å²) in [6, 6.07) is 0.401. The Hall–Kier alpha value is -0.640. The lowest BCUT2D eigenvalue weighted by Gasteiger charge is -2.03. The van der Waals surface area contributed by atoms with Crippen LogP contribution in [0.15, 0.2) is 12.4 Å². The van der Waals surface area contributed by atoms with Gasteiger partial charge in [-0.25, -0.2) is 0 Å². The summed E-state index contributed by atoms with van der Waals surface area (Å²) in [7, 11) is 0. The molecular formula is C9H16N2OS. The highest BCUT2D eigenvalue weighted by atomic mass is 32.2. The van der Waals surface area contributed by atoms with Gasteiger partial charge in [0.15, 0.2) is 5.75 Å². The van der Waals surface area contributed by atoms with Gasteiger partial charge in [-0.15, -0.1) is 0 Å². The first-order valence-electron chi connectivity index (χ1n) is 4.40. The molecule has 0 aliphatic rings. The van der Waals surface area contributed by atoms with Crippen molar-refractivity contribution in [3.05, 3.63) is 12.4 Å². The van der Waals surface area contributed by atoms with Crippen molar-refractivity contribution in [1.82, 2.24) is 9.78 Å². The average Bonchev–Trinajstić information content (AvgIpc) is 2.53. The zero-order valence-electron chi connectivity index (χ0n) is 8.36. The van der Waals surface area contributed by atoms with Crippen molar-refractivity contribution >= 4 is 11.8 Å². The van der Waals surface area contributed by atoms with Crippen molar-refractivity contribution in [3.8, 4) is 5.75 Å². The molecule has 0 radical (unpaired) electrons. The fraction of sp³-hybridized carbons (Fsp3) is 0.667. The molecule has 0 N–H and O–H groups in total. The van der Waals surface area contributed by atoms with Crippen molar-refractivity contribution in [3.63, 3.8) is 0 Å². The summed E-state index contributed by atoms with van der Waals surface area (Å²) in [5.41, 5.74) is 0. The Bertz CT molecular complexity index is 248. The summed E-state index contributed by atoms with van der Waals surface area (Å²) in [6.45, 7) is 4.95. The maximum Gasteiger partial charge on any atom is 0.157 e. The van der Waals surface area contributed by atoms with E-state index in [0.717, 1.165) is 18.1 Å². The number of nitrogens with zero attached hydrogens (tertiary/aromatic N) is 2. The minimum atomic E-state index is 0.401. The Kier molecular flexibility index (Phi) is 4.15. The van der Waals surface area contributed by atoms with Crippen molar-refractivity contribution in [2.75, 3.05) is 18.6 Å². The fourth-order valence-electron chi connectivity index (χ4n) is 0.920. The standard InChI is InChI=1S/C9H16N2OS/c1-8(2)11-7-9(6-10-11)12-4-5-13-3/h6-8H,4-5H2,1-3H3. The first-order valence-corrected chi connectivity index (χ1v) is 5.79. The van der Waals surface area contributed by atoms with Crippen LogP contribution in [0.1, 0.15) is 19.9 Å². The number of rotatable bonds is 5. The van der Waals surface area contributed by atoms with E-state index in [1.54, 1.807) is 18.0 Å². The Morgan fingerprint density at radius 3 is 2.92 bits per heavy atom. The topological polar surface area (TPSA) is 27.1 Å². The smallest absolute Gasteiger partial charge is 0.157 e. The Labute approximate surface area is 83.5 Å². The lowest BCUT2D eigenvalue weighted by molar-refractivity contribution is 0.343. The lowest BCUT2D eigenvalue weighted by atomic mass is 10.4. The monoisotopic (exact) mass is 200 g/mol. The summed E-state index contributed by atoms with van der Waals surface area (Å²) in [5.74, 6) is 1.88. The fourth-order valence-corrected chi connectivity index (χ4v) is 1.17. The largest absolute Gasteiger partial charge is 0.489 e. The number of aromatic nitrogens is 2. The van der Waals surface area contributed by atoms with Crippen LogP contribution < -0.4 is 4.74 Å². The van der Waals surface area contributed by atoms with E-state index in [1.165, 1.54) is 0 Å². The number of thioether (sulfide) groups is 1. The molecule has 4 heteroatoms. The third kappa shape index (κ3) is 3.30. The van der Waals surface area contributed by atoms with Crippen LogP contribution in [0.5, 0.6) is 5.75 Å². The Morgan fingerprint density at radius 1 is 1.62 bits per heavy atom. The third-order valence-electron chi connectivity index (χ3n) is 1.66. The summed E-state index contributed by atoms with van der Waals surface area (Å²) >= 11 is 1.78. The van der Waals surface area contributed by atoms with Crippen LogP contribution in [0, 0.1) is 0 Å². The SMILES string of the molecule is CSCCOc1cnn(C(C)C)c1. The van der Waals surface area contributed by atoms with Gasteiger partial charge in [0.25, 0.3) is 0 Å². The summed E-state index contributed by atoms with van der Waals surface area (Å²) in [5, 5.41) is 4.18. The highest BCUT2D eigenvalue weighted by molar-refractivity contribution is 7.98. The van der Waals surface area contributed by atoms with Crippen LogP contribution in [0.3, 0.4) is 0 Å². The van der Waals surface area contributed by atoms with E-state index < -0.39 is 0 Å².